The van der Waals surface area contributed by atoms with Crippen molar-refractivity contribution in [1.82, 2.24) is 5.32 Å². The van der Waals surface area contributed by atoms with Gasteiger partial charge in [-0.25, -0.2) is 0 Å². The van der Waals surface area contributed by atoms with E-state index < -0.39 is 0 Å². The summed E-state index contributed by atoms with van der Waals surface area (Å²) in [7, 11) is 0. The number of rotatable bonds is 5. The summed E-state index contributed by atoms with van der Waals surface area (Å²) >= 11 is 1.88. The number of nitrogens with one attached hydrogen (secondary N) is 1. The lowest BCUT2D eigenvalue weighted by atomic mass is 10.0. The van der Waals surface area contributed by atoms with Crippen molar-refractivity contribution in [1.29, 1.82) is 0 Å². The maximum atomic E-state index is 3.77. The van der Waals surface area contributed by atoms with Gasteiger partial charge in [-0.3, -0.25) is 0 Å². The van der Waals surface area contributed by atoms with Gasteiger partial charge in [-0.05, 0) is 42.7 Å². The Hall–Kier alpha value is -0.340. The fourth-order valence-corrected chi connectivity index (χ4v) is 3.61. The van der Waals surface area contributed by atoms with Crippen LogP contribution in [0.25, 0.3) is 0 Å². The maximum Gasteiger partial charge on any atom is 0.0438 e. The second-order valence-corrected chi connectivity index (χ2v) is 6.28. The first-order chi connectivity index (χ1) is 7.77. The lowest BCUT2D eigenvalue weighted by molar-refractivity contribution is 0.375. The topological polar surface area (TPSA) is 12.0 Å². The summed E-state index contributed by atoms with van der Waals surface area (Å²) in [5.74, 6) is 1.61. The van der Waals surface area contributed by atoms with Crippen molar-refractivity contribution in [3.05, 3.63) is 22.4 Å². The first-order valence-corrected chi connectivity index (χ1v) is 7.42. The molecular formula is C14H23NS. The second-order valence-electron chi connectivity index (χ2n) is 5.30. The third-order valence-corrected chi connectivity index (χ3v) is 4.57. The van der Waals surface area contributed by atoms with Crippen LogP contribution >= 0.6 is 11.3 Å². The summed E-state index contributed by atoms with van der Waals surface area (Å²) in [5.41, 5.74) is 0. The fraction of sp³-hybridized carbons (Fsp3) is 0.714. The number of thiophene rings is 1. The molecule has 2 heteroatoms. The molecule has 0 aliphatic heterocycles. The SMILES string of the molecule is CC(C)C(NCC1CCCC1)c1cccs1. The van der Waals surface area contributed by atoms with Crippen molar-refractivity contribution in [3.63, 3.8) is 0 Å². The van der Waals surface area contributed by atoms with Crippen molar-refractivity contribution in [2.24, 2.45) is 11.8 Å². The highest BCUT2D eigenvalue weighted by molar-refractivity contribution is 7.10. The molecule has 0 saturated heterocycles. The molecule has 0 spiro atoms. The lowest BCUT2D eigenvalue weighted by Gasteiger charge is -2.23. The van der Waals surface area contributed by atoms with E-state index in [1.165, 1.54) is 37.1 Å². The molecule has 1 atom stereocenters. The van der Waals surface area contributed by atoms with Crippen LogP contribution in [0.4, 0.5) is 0 Å². The van der Waals surface area contributed by atoms with Crippen molar-refractivity contribution >= 4 is 11.3 Å². The zero-order chi connectivity index (χ0) is 11.4. The molecular weight excluding hydrogens is 214 g/mol. The highest BCUT2D eigenvalue weighted by Gasteiger charge is 2.20. The van der Waals surface area contributed by atoms with E-state index in [9.17, 15) is 0 Å². The first-order valence-electron chi connectivity index (χ1n) is 6.54. The number of hydrogen-bond acceptors (Lipinski definition) is 2. The van der Waals surface area contributed by atoms with Gasteiger partial charge in [0, 0.05) is 10.9 Å². The average molecular weight is 237 g/mol. The first kappa shape index (κ1) is 12.1. The molecule has 1 fully saturated rings. The normalized spacial score (nSPS) is 19.4. The quantitative estimate of drug-likeness (QED) is 0.808. The molecule has 1 nitrogen and oxygen atoms in total. The van der Waals surface area contributed by atoms with Crippen LogP contribution in [0.1, 0.15) is 50.4 Å². The van der Waals surface area contributed by atoms with Crippen molar-refractivity contribution in [3.8, 4) is 0 Å². The zero-order valence-corrected chi connectivity index (χ0v) is 11.2. The molecule has 0 amide bonds. The van der Waals surface area contributed by atoms with Gasteiger partial charge in [-0.1, -0.05) is 32.8 Å². The average Bonchev–Trinajstić information content (AvgIpc) is 2.88. The van der Waals surface area contributed by atoms with Crippen LogP contribution in [0.15, 0.2) is 17.5 Å². The van der Waals surface area contributed by atoms with E-state index >= 15 is 0 Å². The Labute approximate surface area is 103 Å². The molecule has 1 aliphatic carbocycles. The molecule has 1 aromatic heterocycles. The summed E-state index contributed by atoms with van der Waals surface area (Å²) in [5, 5.41) is 5.96. The van der Waals surface area contributed by atoms with E-state index in [0.717, 1.165) is 5.92 Å². The Morgan fingerprint density at radius 3 is 2.69 bits per heavy atom. The fourth-order valence-electron chi connectivity index (χ4n) is 2.64. The molecule has 16 heavy (non-hydrogen) atoms. The third kappa shape index (κ3) is 3.08. The largest absolute Gasteiger partial charge is 0.309 e. The minimum Gasteiger partial charge on any atom is -0.309 e. The van der Waals surface area contributed by atoms with Gasteiger partial charge < -0.3 is 5.32 Å². The predicted octanol–water partition coefficient (Wildman–Crippen LogP) is 4.23. The van der Waals surface area contributed by atoms with E-state index in [-0.39, 0.29) is 0 Å². The Bertz CT molecular complexity index is 286. The van der Waals surface area contributed by atoms with Crippen LogP contribution in [0, 0.1) is 11.8 Å². The molecule has 1 aromatic rings. The van der Waals surface area contributed by atoms with Gasteiger partial charge in [0.1, 0.15) is 0 Å². The van der Waals surface area contributed by atoms with Gasteiger partial charge in [0.05, 0.1) is 0 Å². The molecule has 1 heterocycles. The maximum absolute atomic E-state index is 3.77. The van der Waals surface area contributed by atoms with Crippen LogP contribution < -0.4 is 5.32 Å². The van der Waals surface area contributed by atoms with E-state index in [1.54, 1.807) is 0 Å². The van der Waals surface area contributed by atoms with Crippen LogP contribution in [0.5, 0.6) is 0 Å². The Morgan fingerprint density at radius 1 is 1.38 bits per heavy atom. The van der Waals surface area contributed by atoms with Crippen molar-refractivity contribution < 1.29 is 0 Å². The van der Waals surface area contributed by atoms with Crippen LogP contribution in [-0.4, -0.2) is 6.54 Å². The minimum absolute atomic E-state index is 0.556. The van der Waals surface area contributed by atoms with Crippen molar-refractivity contribution in [2.75, 3.05) is 6.54 Å². The monoisotopic (exact) mass is 237 g/mol. The molecule has 0 aromatic carbocycles. The highest BCUT2D eigenvalue weighted by atomic mass is 32.1. The second kappa shape index (κ2) is 5.83. The summed E-state index contributed by atoms with van der Waals surface area (Å²) in [6.45, 7) is 5.83. The molecule has 2 rings (SSSR count). The summed E-state index contributed by atoms with van der Waals surface area (Å²) < 4.78 is 0. The van der Waals surface area contributed by atoms with Gasteiger partial charge in [0.25, 0.3) is 0 Å². The molecule has 1 aliphatic rings. The zero-order valence-electron chi connectivity index (χ0n) is 10.4. The summed E-state index contributed by atoms with van der Waals surface area (Å²) in [6, 6.07) is 4.98. The molecule has 1 saturated carbocycles. The Kier molecular flexibility index (Phi) is 4.42. The van der Waals surface area contributed by atoms with Gasteiger partial charge in [-0.2, -0.15) is 0 Å². The standard InChI is InChI=1S/C14H23NS/c1-11(2)14(13-8-5-9-16-13)15-10-12-6-3-4-7-12/h5,8-9,11-12,14-15H,3-4,6-7,10H2,1-2H3. The molecule has 90 valence electrons. The third-order valence-electron chi connectivity index (χ3n) is 3.62. The smallest absolute Gasteiger partial charge is 0.0438 e. The molecule has 1 unspecified atom stereocenters. The molecule has 1 N–H and O–H groups in total. The van der Waals surface area contributed by atoms with Crippen LogP contribution in [0.3, 0.4) is 0 Å². The van der Waals surface area contributed by atoms with E-state index in [1.807, 2.05) is 11.3 Å². The predicted molar refractivity (Wildman–Crippen MR) is 71.9 cm³/mol. The van der Waals surface area contributed by atoms with Gasteiger partial charge in [0.2, 0.25) is 0 Å². The molecule has 0 bridgehead atoms. The van der Waals surface area contributed by atoms with Gasteiger partial charge >= 0.3 is 0 Å². The van der Waals surface area contributed by atoms with E-state index in [2.05, 4.69) is 36.7 Å². The minimum atomic E-state index is 0.556. The summed E-state index contributed by atoms with van der Waals surface area (Å²) in [4.78, 5) is 1.49. The highest BCUT2D eigenvalue weighted by Crippen LogP contribution is 2.28. The molecule has 0 radical (unpaired) electrons. The lowest BCUT2D eigenvalue weighted by Crippen LogP contribution is -2.29. The Balaban J connectivity index is 1.88. The number of hydrogen-bond donors (Lipinski definition) is 1. The van der Waals surface area contributed by atoms with Crippen LogP contribution in [0.2, 0.25) is 0 Å². The van der Waals surface area contributed by atoms with Crippen LogP contribution in [-0.2, 0) is 0 Å². The van der Waals surface area contributed by atoms with E-state index in [0.29, 0.717) is 12.0 Å². The Morgan fingerprint density at radius 2 is 2.12 bits per heavy atom. The van der Waals surface area contributed by atoms with Gasteiger partial charge in [-0.15, -0.1) is 11.3 Å². The summed E-state index contributed by atoms with van der Waals surface area (Å²) in [6.07, 6.45) is 5.75. The van der Waals surface area contributed by atoms with E-state index in [4.69, 9.17) is 0 Å². The van der Waals surface area contributed by atoms with Crippen molar-refractivity contribution in [2.45, 2.75) is 45.6 Å². The van der Waals surface area contributed by atoms with Gasteiger partial charge in [0.15, 0.2) is 0 Å².